The van der Waals surface area contributed by atoms with Gasteiger partial charge in [-0.3, -0.25) is 9.59 Å². The molecule has 152 valence electrons. The molecule has 1 aromatic carbocycles. The zero-order valence-corrected chi connectivity index (χ0v) is 16.9. The minimum Gasteiger partial charge on any atom is -0.464 e. The number of amides is 1. The van der Waals surface area contributed by atoms with E-state index in [9.17, 15) is 9.59 Å². The first-order chi connectivity index (χ1) is 14.4. The Balaban J connectivity index is 1.55. The van der Waals surface area contributed by atoms with Gasteiger partial charge in [0.05, 0.1) is 28.8 Å². The van der Waals surface area contributed by atoms with Crippen molar-refractivity contribution in [2.75, 3.05) is 5.32 Å². The number of hydrogen-bond acceptors (Lipinski definition) is 5. The molecule has 8 heteroatoms. The van der Waals surface area contributed by atoms with Gasteiger partial charge in [-0.25, -0.2) is 9.36 Å². The van der Waals surface area contributed by atoms with Crippen LogP contribution in [0, 0.1) is 20.8 Å². The summed E-state index contributed by atoms with van der Waals surface area (Å²) in [7, 11) is 0. The first-order valence-corrected chi connectivity index (χ1v) is 9.48. The topological polar surface area (TPSA) is 95.0 Å². The van der Waals surface area contributed by atoms with E-state index in [4.69, 9.17) is 4.42 Å². The Hall–Kier alpha value is -3.94. The van der Waals surface area contributed by atoms with Crippen molar-refractivity contribution < 1.29 is 14.0 Å². The molecule has 0 saturated heterocycles. The van der Waals surface area contributed by atoms with Crippen molar-refractivity contribution >= 4 is 17.5 Å². The average Bonchev–Trinajstić information content (AvgIpc) is 3.42. The third-order valence-electron chi connectivity index (χ3n) is 4.79. The minimum atomic E-state index is -0.744. The number of nitrogens with zero attached hydrogens (tertiary/aromatic N) is 4. The molecule has 8 nitrogen and oxygen atoms in total. The number of aryl methyl sites for hydroxylation is 2. The number of furan rings is 1. The van der Waals surface area contributed by atoms with E-state index in [-0.39, 0.29) is 0 Å². The maximum atomic E-state index is 12.9. The Morgan fingerprint density at radius 2 is 1.80 bits per heavy atom. The molecule has 3 aromatic heterocycles. The van der Waals surface area contributed by atoms with Gasteiger partial charge < -0.3 is 9.73 Å². The van der Waals surface area contributed by atoms with Crippen molar-refractivity contribution in [3.63, 3.8) is 0 Å². The van der Waals surface area contributed by atoms with Gasteiger partial charge in [0.1, 0.15) is 23.9 Å². The van der Waals surface area contributed by atoms with E-state index < -0.39 is 11.7 Å². The Labute approximate surface area is 173 Å². The second kappa shape index (κ2) is 7.82. The lowest BCUT2D eigenvalue weighted by Gasteiger charge is -2.08. The number of rotatable bonds is 6. The summed E-state index contributed by atoms with van der Waals surface area (Å²) in [6.07, 6.45) is 1.56. The number of para-hydroxylation sites is 1. The molecule has 0 radical (unpaired) electrons. The van der Waals surface area contributed by atoms with E-state index in [2.05, 4.69) is 15.5 Å². The van der Waals surface area contributed by atoms with Crippen LogP contribution < -0.4 is 5.32 Å². The summed E-state index contributed by atoms with van der Waals surface area (Å²) in [6.45, 7) is 5.69. The molecule has 1 amide bonds. The number of ketones is 1. The number of anilines is 1. The second-order valence-electron chi connectivity index (χ2n) is 6.96. The lowest BCUT2D eigenvalue weighted by molar-refractivity contribution is -0.112. The fraction of sp³-hybridized carbons (Fsp3) is 0.182. The van der Waals surface area contributed by atoms with Gasteiger partial charge in [0.25, 0.3) is 11.7 Å². The van der Waals surface area contributed by atoms with E-state index in [1.54, 1.807) is 35.5 Å². The van der Waals surface area contributed by atoms with Crippen molar-refractivity contribution in [2.24, 2.45) is 0 Å². The van der Waals surface area contributed by atoms with Crippen LogP contribution in [0.15, 0.2) is 59.1 Å². The second-order valence-corrected chi connectivity index (χ2v) is 6.96. The molecule has 0 aliphatic carbocycles. The molecule has 0 saturated carbocycles. The lowest BCUT2D eigenvalue weighted by atomic mass is 10.1. The highest BCUT2D eigenvalue weighted by Crippen LogP contribution is 2.19. The van der Waals surface area contributed by atoms with E-state index in [0.29, 0.717) is 35.1 Å². The summed E-state index contributed by atoms with van der Waals surface area (Å²) in [5, 5.41) is 11.3. The molecule has 0 bridgehead atoms. The summed E-state index contributed by atoms with van der Waals surface area (Å²) in [4.78, 5) is 25.6. The average molecular weight is 403 g/mol. The number of benzene rings is 1. The van der Waals surface area contributed by atoms with Crippen LogP contribution in [0.3, 0.4) is 0 Å². The lowest BCUT2D eigenvalue weighted by Crippen LogP contribution is -2.25. The highest BCUT2D eigenvalue weighted by atomic mass is 16.3. The van der Waals surface area contributed by atoms with E-state index in [1.807, 2.05) is 49.4 Å². The zero-order chi connectivity index (χ0) is 21.3. The standard InChI is InChI=1S/C22H21N5O3/c1-14-9-10-18(30-14)13-26-19(11-12-23-26)24-22(29)21(28)20-15(2)25-27(16(20)3)17-7-5-4-6-8-17/h4-12H,13H2,1-3H3,(H,24,29). The van der Waals surface area contributed by atoms with Crippen LogP contribution in [0.5, 0.6) is 0 Å². The molecule has 30 heavy (non-hydrogen) atoms. The van der Waals surface area contributed by atoms with Gasteiger partial charge in [-0.05, 0) is 45.0 Å². The third-order valence-corrected chi connectivity index (χ3v) is 4.79. The van der Waals surface area contributed by atoms with Crippen molar-refractivity contribution in [3.05, 3.63) is 83.2 Å². The van der Waals surface area contributed by atoms with Crippen molar-refractivity contribution in [1.82, 2.24) is 19.6 Å². The molecule has 0 unspecified atom stereocenters. The predicted molar refractivity (Wildman–Crippen MR) is 111 cm³/mol. The highest BCUT2D eigenvalue weighted by molar-refractivity contribution is 6.47. The number of Topliss-reactive ketones (excluding diaryl/α,β-unsaturated/α-hetero) is 1. The van der Waals surface area contributed by atoms with Gasteiger partial charge >= 0.3 is 0 Å². The van der Waals surface area contributed by atoms with Gasteiger partial charge in [0.15, 0.2) is 0 Å². The molecule has 0 atom stereocenters. The van der Waals surface area contributed by atoms with Gasteiger partial charge in [0, 0.05) is 6.07 Å². The Morgan fingerprint density at radius 3 is 2.50 bits per heavy atom. The summed E-state index contributed by atoms with van der Waals surface area (Å²) in [6, 6.07) is 14.8. The molecule has 1 N–H and O–H groups in total. The smallest absolute Gasteiger partial charge is 0.298 e. The van der Waals surface area contributed by atoms with Crippen LogP contribution >= 0.6 is 0 Å². The minimum absolute atomic E-state index is 0.295. The summed E-state index contributed by atoms with van der Waals surface area (Å²) >= 11 is 0. The van der Waals surface area contributed by atoms with Crippen LogP contribution in [0.1, 0.15) is 33.3 Å². The summed E-state index contributed by atoms with van der Waals surface area (Å²) in [5.74, 6) is 0.515. The largest absolute Gasteiger partial charge is 0.464 e. The van der Waals surface area contributed by atoms with Crippen LogP contribution in [0.2, 0.25) is 0 Å². The molecular weight excluding hydrogens is 382 g/mol. The molecular formula is C22H21N5O3. The van der Waals surface area contributed by atoms with Crippen LogP contribution in [-0.2, 0) is 11.3 Å². The Bertz CT molecular complexity index is 1220. The van der Waals surface area contributed by atoms with Crippen LogP contribution in [-0.4, -0.2) is 31.3 Å². The van der Waals surface area contributed by atoms with E-state index >= 15 is 0 Å². The molecule has 0 aliphatic rings. The van der Waals surface area contributed by atoms with Crippen LogP contribution in [0.25, 0.3) is 5.69 Å². The van der Waals surface area contributed by atoms with Gasteiger partial charge in [-0.2, -0.15) is 10.2 Å². The van der Waals surface area contributed by atoms with E-state index in [1.165, 1.54) is 0 Å². The molecule has 0 spiro atoms. The van der Waals surface area contributed by atoms with Crippen molar-refractivity contribution in [1.29, 1.82) is 0 Å². The SMILES string of the molecule is Cc1ccc(Cn2nccc2NC(=O)C(=O)c2c(C)nn(-c3ccccc3)c2C)o1. The Morgan fingerprint density at radius 1 is 1.03 bits per heavy atom. The normalized spacial score (nSPS) is 10.9. The number of carbonyl (C=O) groups is 2. The Kier molecular flexibility index (Phi) is 5.05. The summed E-state index contributed by atoms with van der Waals surface area (Å²) < 4.78 is 8.79. The first-order valence-electron chi connectivity index (χ1n) is 9.48. The fourth-order valence-corrected chi connectivity index (χ4v) is 3.36. The molecule has 0 fully saturated rings. The van der Waals surface area contributed by atoms with E-state index in [0.717, 1.165) is 11.4 Å². The maximum absolute atomic E-state index is 12.9. The van der Waals surface area contributed by atoms with Crippen molar-refractivity contribution in [3.8, 4) is 5.69 Å². The van der Waals surface area contributed by atoms with Gasteiger partial charge in [0.2, 0.25) is 0 Å². The van der Waals surface area contributed by atoms with Crippen LogP contribution in [0.4, 0.5) is 5.82 Å². The highest BCUT2D eigenvalue weighted by Gasteiger charge is 2.26. The van der Waals surface area contributed by atoms with Gasteiger partial charge in [-0.15, -0.1) is 0 Å². The fourth-order valence-electron chi connectivity index (χ4n) is 3.36. The molecule has 4 aromatic rings. The van der Waals surface area contributed by atoms with Gasteiger partial charge in [-0.1, -0.05) is 18.2 Å². The first kappa shape index (κ1) is 19.4. The predicted octanol–water partition coefficient (Wildman–Crippen LogP) is 3.46. The summed E-state index contributed by atoms with van der Waals surface area (Å²) in [5.41, 5.74) is 2.22. The molecule has 3 heterocycles. The number of hydrogen-bond donors (Lipinski definition) is 1. The third kappa shape index (κ3) is 3.67. The monoisotopic (exact) mass is 403 g/mol. The zero-order valence-electron chi connectivity index (χ0n) is 16.9. The quantitative estimate of drug-likeness (QED) is 0.393. The molecule has 4 rings (SSSR count). The van der Waals surface area contributed by atoms with Crippen molar-refractivity contribution in [2.45, 2.75) is 27.3 Å². The number of nitrogens with one attached hydrogen (secondary N) is 1. The maximum Gasteiger partial charge on any atom is 0.298 e. The number of aromatic nitrogens is 4. The number of carbonyl (C=O) groups excluding carboxylic acids is 2. The molecule has 0 aliphatic heterocycles.